The Morgan fingerprint density at radius 1 is 1.48 bits per heavy atom. The maximum atomic E-state index is 12.9. The van der Waals surface area contributed by atoms with E-state index in [1.807, 2.05) is 0 Å². The van der Waals surface area contributed by atoms with Crippen molar-refractivity contribution in [2.45, 2.75) is 18.6 Å². The van der Waals surface area contributed by atoms with Crippen LogP contribution in [0.15, 0.2) is 29.4 Å². The van der Waals surface area contributed by atoms with Crippen LogP contribution in [0.3, 0.4) is 0 Å². The molecule has 0 aliphatic carbocycles. The van der Waals surface area contributed by atoms with Crippen LogP contribution in [0.25, 0.3) is 0 Å². The van der Waals surface area contributed by atoms with Gasteiger partial charge in [-0.05, 0) is 6.07 Å². The summed E-state index contributed by atoms with van der Waals surface area (Å²) in [5, 5.41) is 13.8. The lowest BCUT2D eigenvalue weighted by molar-refractivity contribution is -0.155. The second-order valence-corrected chi connectivity index (χ2v) is 4.75. The Labute approximate surface area is 119 Å². The average molecular weight is 303 g/mol. The van der Waals surface area contributed by atoms with Crippen LogP contribution in [0.4, 0.5) is 13.2 Å². The molecule has 0 aromatic heterocycles. The smallest absolute Gasteiger partial charge is 0.400 e. The lowest BCUT2D eigenvalue weighted by Crippen LogP contribution is -2.44. The summed E-state index contributed by atoms with van der Waals surface area (Å²) >= 11 is 0. The molecule has 0 radical (unpaired) electrons. The number of nitrogens with two attached hydrogens (primary N) is 1. The first-order chi connectivity index (χ1) is 9.93. The Morgan fingerprint density at radius 2 is 2.19 bits per heavy atom. The van der Waals surface area contributed by atoms with Crippen molar-refractivity contribution in [3.8, 4) is 5.75 Å². The number of para-hydroxylation sites is 1. The summed E-state index contributed by atoms with van der Waals surface area (Å²) in [7, 11) is 0. The Bertz CT molecular complexity index is 520. The Hall–Kier alpha value is -1.96. The van der Waals surface area contributed by atoms with E-state index in [0.717, 1.165) is 5.56 Å². The van der Waals surface area contributed by atoms with Gasteiger partial charge in [-0.2, -0.15) is 13.2 Å². The number of halogens is 3. The molecule has 2 rings (SSSR count). The van der Waals surface area contributed by atoms with Gasteiger partial charge in [-0.15, -0.1) is 0 Å². The van der Waals surface area contributed by atoms with Gasteiger partial charge in [-0.1, -0.05) is 23.4 Å². The maximum Gasteiger partial charge on any atom is 0.400 e. The number of amidine groups is 1. The molecule has 0 bridgehead atoms. The monoisotopic (exact) mass is 303 g/mol. The molecule has 0 fully saturated rings. The predicted octanol–water partition coefficient (Wildman–Crippen LogP) is 2.02. The van der Waals surface area contributed by atoms with Gasteiger partial charge in [0.15, 0.2) is 5.84 Å². The molecule has 8 heteroatoms. The molecule has 2 unspecified atom stereocenters. The SMILES string of the molecule is N/C(=N/O)C(CNC1CCOc2ccccc21)C(F)(F)F. The maximum absolute atomic E-state index is 12.9. The highest BCUT2D eigenvalue weighted by Gasteiger charge is 2.43. The van der Waals surface area contributed by atoms with Crippen molar-refractivity contribution in [2.24, 2.45) is 16.8 Å². The van der Waals surface area contributed by atoms with Crippen LogP contribution in [-0.2, 0) is 0 Å². The molecule has 0 saturated heterocycles. The summed E-state index contributed by atoms with van der Waals surface area (Å²) in [4.78, 5) is 0. The molecule has 2 atom stereocenters. The number of hydrogen-bond donors (Lipinski definition) is 3. The first-order valence-corrected chi connectivity index (χ1v) is 6.42. The Balaban J connectivity index is 2.09. The molecule has 1 aromatic rings. The molecule has 21 heavy (non-hydrogen) atoms. The first-order valence-electron chi connectivity index (χ1n) is 6.42. The number of nitrogens with zero attached hydrogens (tertiary/aromatic N) is 1. The van der Waals surface area contributed by atoms with Crippen molar-refractivity contribution in [1.29, 1.82) is 0 Å². The molecule has 0 spiro atoms. The second-order valence-electron chi connectivity index (χ2n) is 4.75. The van der Waals surface area contributed by atoms with E-state index in [1.54, 1.807) is 24.3 Å². The highest BCUT2D eigenvalue weighted by atomic mass is 19.4. The molecule has 116 valence electrons. The van der Waals surface area contributed by atoms with Crippen LogP contribution >= 0.6 is 0 Å². The molecule has 5 nitrogen and oxygen atoms in total. The normalized spacial score (nSPS) is 20.5. The number of oxime groups is 1. The fourth-order valence-corrected chi connectivity index (χ4v) is 2.27. The molecule has 4 N–H and O–H groups in total. The summed E-state index contributed by atoms with van der Waals surface area (Å²) in [5.41, 5.74) is 5.94. The molecule has 1 heterocycles. The number of fused-ring (bicyclic) bond motifs is 1. The minimum absolute atomic E-state index is 0.258. The van der Waals surface area contributed by atoms with Gasteiger partial charge in [0.2, 0.25) is 0 Å². The van der Waals surface area contributed by atoms with Crippen LogP contribution < -0.4 is 15.8 Å². The van der Waals surface area contributed by atoms with Gasteiger partial charge >= 0.3 is 6.18 Å². The molecular formula is C13H16F3N3O2. The van der Waals surface area contributed by atoms with E-state index in [0.29, 0.717) is 18.8 Å². The van der Waals surface area contributed by atoms with Crippen LogP contribution in [0, 0.1) is 5.92 Å². The van der Waals surface area contributed by atoms with Gasteiger partial charge in [0.1, 0.15) is 11.7 Å². The van der Waals surface area contributed by atoms with E-state index in [2.05, 4.69) is 10.5 Å². The van der Waals surface area contributed by atoms with Crippen molar-refractivity contribution in [3.63, 3.8) is 0 Å². The molecule has 0 amide bonds. The zero-order valence-electron chi connectivity index (χ0n) is 11.1. The van der Waals surface area contributed by atoms with Crippen LogP contribution in [0.1, 0.15) is 18.0 Å². The van der Waals surface area contributed by atoms with Crippen molar-refractivity contribution < 1.29 is 23.1 Å². The summed E-state index contributed by atoms with van der Waals surface area (Å²) < 4.78 is 44.1. The second kappa shape index (κ2) is 6.21. The fourth-order valence-electron chi connectivity index (χ4n) is 2.27. The largest absolute Gasteiger partial charge is 0.493 e. The van der Waals surface area contributed by atoms with Gasteiger partial charge in [0, 0.05) is 24.6 Å². The number of alkyl halides is 3. The van der Waals surface area contributed by atoms with Gasteiger partial charge in [-0.25, -0.2) is 0 Å². The summed E-state index contributed by atoms with van der Waals surface area (Å²) in [6.45, 7) is -0.0344. The van der Waals surface area contributed by atoms with Crippen LogP contribution in [0.5, 0.6) is 5.75 Å². The standard InChI is InChI=1S/C13H16F3N3O2/c14-13(15,16)9(12(17)19-20)7-18-10-5-6-21-11-4-2-1-3-8(10)11/h1-4,9-10,18,20H,5-7H2,(H2,17,19). The predicted molar refractivity (Wildman–Crippen MR) is 70.3 cm³/mol. The Kier molecular flexibility index (Phi) is 4.56. The quantitative estimate of drug-likeness (QED) is 0.344. The summed E-state index contributed by atoms with van der Waals surface area (Å²) in [6.07, 6.45) is -4.02. The topological polar surface area (TPSA) is 79.9 Å². The zero-order chi connectivity index (χ0) is 15.5. The number of rotatable bonds is 4. The molecular weight excluding hydrogens is 287 g/mol. The number of hydrogen-bond acceptors (Lipinski definition) is 4. The van der Waals surface area contributed by atoms with Crippen molar-refractivity contribution in [1.82, 2.24) is 5.32 Å². The third-order valence-corrected chi connectivity index (χ3v) is 3.39. The van der Waals surface area contributed by atoms with E-state index < -0.39 is 24.5 Å². The fraction of sp³-hybridized carbons (Fsp3) is 0.462. The third-order valence-electron chi connectivity index (χ3n) is 3.39. The van der Waals surface area contributed by atoms with E-state index in [-0.39, 0.29) is 6.04 Å². The van der Waals surface area contributed by atoms with Crippen LogP contribution in [-0.4, -0.2) is 30.4 Å². The molecule has 1 aliphatic rings. The summed E-state index contributed by atoms with van der Waals surface area (Å²) in [6, 6.07) is 6.92. The number of nitrogens with one attached hydrogen (secondary N) is 1. The molecule has 1 aliphatic heterocycles. The van der Waals surface area contributed by atoms with Gasteiger partial charge in [-0.3, -0.25) is 0 Å². The van der Waals surface area contributed by atoms with Gasteiger partial charge in [0.05, 0.1) is 6.61 Å². The molecule has 1 aromatic carbocycles. The highest BCUT2D eigenvalue weighted by Crippen LogP contribution is 2.32. The van der Waals surface area contributed by atoms with Gasteiger partial charge in [0.25, 0.3) is 0 Å². The third kappa shape index (κ3) is 3.57. The van der Waals surface area contributed by atoms with Crippen molar-refractivity contribution >= 4 is 5.84 Å². The van der Waals surface area contributed by atoms with Crippen molar-refractivity contribution in [3.05, 3.63) is 29.8 Å². The lowest BCUT2D eigenvalue weighted by atomic mass is 9.99. The van der Waals surface area contributed by atoms with E-state index in [1.165, 1.54) is 0 Å². The summed E-state index contributed by atoms with van der Waals surface area (Å²) in [5.74, 6) is -2.22. The molecule has 0 saturated carbocycles. The van der Waals surface area contributed by atoms with Gasteiger partial charge < -0.3 is 21.0 Å². The van der Waals surface area contributed by atoms with E-state index in [9.17, 15) is 13.2 Å². The zero-order valence-corrected chi connectivity index (χ0v) is 11.1. The number of benzene rings is 1. The average Bonchev–Trinajstić information content (AvgIpc) is 2.46. The first kappa shape index (κ1) is 15.4. The minimum atomic E-state index is -4.58. The van der Waals surface area contributed by atoms with E-state index >= 15 is 0 Å². The van der Waals surface area contributed by atoms with E-state index in [4.69, 9.17) is 15.7 Å². The lowest BCUT2D eigenvalue weighted by Gasteiger charge is -2.28. The Morgan fingerprint density at radius 3 is 2.86 bits per heavy atom. The minimum Gasteiger partial charge on any atom is -0.493 e. The highest BCUT2D eigenvalue weighted by molar-refractivity contribution is 5.83. The van der Waals surface area contributed by atoms with Crippen molar-refractivity contribution in [2.75, 3.05) is 13.2 Å². The van der Waals surface area contributed by atoms with Crippen LogP contribution in [0.2, 0.25) is 0 Å². The number of ether oxygens (including phenoxy) is 1.